The maximum atomic E-state index is 12.1. The average molecular weight is 301 g/mol. The van der Waals surface area contributed by atoms with Crippen molar-refractivity contribution in [2.75, 3.05) is 52.9 Å². The third kappa shape index (κ3) is 5.99. The zero-order valence-electron chi connectivity index (χ0n) is 12.6. The number of amides is 2. The number of piperazine rings is 1. The van der Waals surface area contributed by atoms with Gasteiger partial charge in [-0.25, -0.2) is 4.79 Å². The maximum Gasteiger partial charge on any atom is 0.325 e. The third-order valence-electron chi connectivity index (χ3n) is 3.28. The molecule has 0 unspecified atom stereocenters. The molecular formula is C13H23N3O5. The van der Waals surface area contributed by atoms with Gasteiger partial charge in [-0.15, -0.1) is 0 Å². The van der Waals surface area contributed by atoms with Crippen LogP contribution >= 0.6 is 0 Å². The summed E-state index contributed by atoms with van der Waals surface area (Å²) in [5.74, 6) is -1.24. The molecule has 120 valence electrons. The highest BCUT2D eigenvalue weighted by Crippen LogP contribution is 2.05. The Balaban J connectivity index is 2.34. The van der Waals surface area contributed by atoms with E-state index in [9.17, 15) is 14.4 Å². The highest BCUT2D eigenvalue weighted by molar-refractivity contribution is 5.80. The van der Waals surface area contributed by atoms with Crippen LogP contribution in [0.25, 0.3) is 0 Å². The Hall–Kier alpha value is -1.83. The molecule has 8 heteroatoms. The van der Waals surface area contributed by atoms with E-state index >= 15 is 0 Å². The third-order valence-corrected chi connectivity index (χ3v) is 3.28. The lowest BCUT2D eigenvalue weighted by atomic mass is 10.3. The number of aliphatic carboxylic acids is 1. The van der Waals surface area contributed by atoms with Crippen molar-refractivity contribution >= 4 is 18.0 Å². The van der Waals surface area contributed by atoms with Crippen LogP contribution in [0.3, 0.4) is 0 Å². The summed E-state index contributed by atoms with van der Waals surface area (Å²) in [5.41, 5.74) is 0. The van der Waals surface area contributed by atoms with E-state index < -0.39 is 11.9 Å². The number of carbonyl (C=O) groups is 3. The van der Waals surface area contributed by atoms with Gasteiger partial charge in [0.25, 0.3) is 0 Å². The molecule has 0 bridgehead atoms. The molecule has 0 saturated carbocycles. The van der Waals surface area contributed by atoms with Crippen molar-refractivity contribution in [2.24, 2.45) is 0 Å². The van der Waals surface area contributed by atoms with Gasteiger partial charge < -0.3 is 19.6 Å². The van der Waals surface area contributed by atoms with Crippen molar-refractivity contribution in [1.82, 2.24) is 14.7 Å². The number of carbonyl (C=O) groups excluding carboxylic acids is 2. The van der Waals surface area contributed by atoms with Gasteiger partial charge in [-0.1, -0.05) is 0 Å². The molecule has 1 heterocycles. The van der Waals surface area contributed by atoms with E-state index in [1.165, 1.54) is 4.90 Å². The first kappa shape index (κ1) is 17.2. The minimum atomic E-state index is -0.817. The second-order valence-corrected chi connectivity index (χ2v) is 4.92. The van der Waals surface area contributed by atoms with Crippen LogP contribution in [0.2, 0.25) is 0 Å². The first-order valence-corrected chi connectivity index (χ1v) is 7.03. The molecule has 1 aliphatic rings. The topological polar surface area (TPSA) is 90.4 Å². The second kappa shape index (κ2) is 8.46. The van der Waals surface area contributed by atoms with Crippen molar-refractivity contribution in [3.63, 3.8) is 0 Å². The first-order chi connectivity index (χ1) is 9.93. The number of carboxylic acids is 1. The molecule has 0 aliphatic carbocycles. The van der Waals surface area contributed by atoms with Gasteiger partial charge in [0.2, 0.25) is 0 Å². The van der Waals surface area contributed by atoms with Crippen molar-refractivity contribution in [3.8, 4) is 0 Å². The summed E-state index contributed by atoms with van der Waals surface area (Å²) in [4.78, 5) is 39.0. The fraction of sp³-hybridized carbons (Fsp3) is 0.769. The van der Waals surface area contributed by atoms with Gasteiger partial charge in [-0.2, -0.15) is 0 Å². The summed E-state index contributed by atoms with van der Waals surface area (Å²) >= 11 is 0. The van der Waals surface area contributed by atoms with Crippen molar-refractivity contribution < 1.29 is 24.2 Å². The molecule has 1 rings (SSSR count). The van der Waals surface area contributed by atoms with E-state index in [-0.39, 0.29) is 19.0 Å². The number of esters is 1. The number of ether oxygens (including phenoxy) is 1. The summed E-state index contributed by atoms with van der Waals surface area (Å²) in [6.07, 6.45) is 0.108. The highest BCUT2D eigenvalue weighted by atomic mass is 16.5. The van der Waals surface area contributed by atoms with E-state index in [0.717, 1.165) is 0 Å². The van der Waals surface area contributed by atoms with E-state index in [1.807, 2.05) is 4.90 Å². The number of hydrogen-bond acceptors (Lipinski definition) is 5. The van der Waals surface area contributed by atoms with Crippen molar-refractivity contribution in [3.05, 3.63) is 0 Å². The van der Waals surface area contributed by atoms with Gasteiger partial charge in [0.1, 0.15) is 6.54 Å². The zero-order valence-corrected chi connectivity index (χ0v) is 12.6. The van der Waals surface area contributed by atoms with Crippen LogP contribution in [-0.4, -0.2) is 90.7 Å². The lowest BCUT2D eigenvalue weighted by Crippen LogP contribution is -2.53. The predicted molar refractivity (Wildman–Crippen MR) is 74.9 cm³/mol. The zero-order chi connectivity index (χ0) is 15.8. The number of urea groups is 1. The quantitative estimate of drug-likeness (QED) is 0.677. The normalized spacial score (nSPS) is 15.6. The van der Waals surface area contributed by atoms with Crippen molar-refractivity contribution in [1.29, 1.82) is 0 Å². The Kier molecular flexibility index (Phi) is 6.93. The number of rotatable bonds is 6. The van der Waals surface area contributed by atoms with Gasteiger partial charge in [-0.3, -0.25) is 14.5 Å². The summed E-state index contributed by atoms with van der Waals surface area (Å²) < 4.78 is 4.81. The average Bonchev–Trinajstić information content (AvgIpc) is 2.45. The van der Waals surface area contributed by atoms with Crippen LogP contribution in [-0.2, 0) is 14.3 Å². The molecular weight excluding hydrogens is 278 g/mol. The summed E-state index contributed by atoms with van der Waals surface area (Å²) in [5, 5.41) is 8.64. The molecule has 0 aromatic carbocycles. The molecule has 0 aromatic rings. The molecule has 21 heavy (non-hydrogen) atoms. The SMILES string of the molecule is CCOC(=O)CN(C)C(=O)N1CCN(CCC(=O)O)CC1. The van der Waals surface area contributed by atoms with Crippen LogP contribution in [0.4, 0.5) is 4.79 Å². The van der Waals surface area contributed by atoms with Gasteiger partial charge in [0.05, 0.1) is 13.0 Å². The maximum absolute atomic E-state index is 12.1. The van der Waals surface area contributed by atoms with E-state index in [2.05, 4.69) is 0 Å². The van der Waals surface area contributed by atoms with E-state index in [1.54, 1.807) is 18.9 Å². The van der Waals surface area contributed by atoms with Crippen LogP contribution in [0.5, 0.6) is 0 Å². The van der Waals surface area contributed by atoms with E-state index in [4.69, 9.17) is 9.84 Å². The Bertz CT molecular complexity index is 380. The molecule has 1 saturated heterocycles. The van der Waals surface area contributed by atoms with E-state index in [0.29, 0.717) is 39.3 Å². The van der Waals surface area contributed by atoms with Gasteiger partial charge in [-0.05, 0) is 6.92 Å². The van der Waals surface area contributed by atoms with Crippen LogP contribution in [0.1, 0.15) is 13.3 Å². The first-order valence-electron chi connectivity index (χ1n) is 7.03. The Labute approximate surface area is 124 Å². The highest BCUT2D eigenvalue weighted by Gasteiger charge is 2.24. The predicted octanol–water partition coefficient (Wildman–Crippen LogP) is -0.306. The molecule has 0 aromatic heterocycles. The molecule has 1 fully saturated rings. The van der Waals surface area contributed by atoms with Crippen LogP contribution < -0.4 is 0 Å². The molecule has 0 atom stereocenters. The van der Waals surface area contributed by atoms with Crippen molar-refractivity contribution in [2.45, 2.75) is 13.3 Å². The van der Waals surface area contributed by atoms with Gasteiger partial charge >= 0.3 is 18.0 Å². The summed E-state index contributed by atoms with van der Waals surface area (Å²) in [6.45, 7) is 4.80. The lowest BCUT2D eigenvalue weighted by Gasteiger charge is -2.36. The van der Waals surface area contributed by atoms with Crippen LogP contribution in [0, 0.1) is 0 Å². The second-order valence-electron chi connectivity index (χ2n) is 4.92. The standard InChI is InChI=1S/C13H23N3O5/c1-3-21-12(19)10-14(2)13(20)16-8-6-15(7-9-16)5-4-11(17)18/h3-10H2,1-2H3,(H,17,18). The number of likely N-dealkylation sites (N-methyl/N-ethyl adjacent to an activating group) is 1. The smallest absolute Gasteiger partial charge is 0.325 e. The summed E-state index contributed by atoms with van der Waals surface area (Å²) in [7, 11) is 1.57. The van der Waals surface area contributed by atoms with Gasteiger partial charge in [0, 0.05) is 39.8 Å². The van der Waals surface area contributed by atoms with Crippen LogP contribution in [0.15, 0.2) is 0 Å². The lowest BCUT2D eigenvalue weighted by molar-refractivity contribution is -0.143. The fourth-order valence-corrected chi connectivity index (χ4v) is 2.13. The Morgan fingerprint density at radius 1 is 1.19 bits per heavy atom. The fourth-order valence-electron chi connectivity index (χ4n) is 2.13. The summed E-state index contributed by atoms with van der Waals surface area (Å²) in [6, 6.07) is -0.207. The number of hydrogen-bond donors (Lipinski definition) is 1. The monoisotopic (exact) mass is 301 g/mol. The molecule has 0 spiro atoms. The molecule has 8 nitrogen and oxygen atoms in total. The molecule has 2 amide bonds. The Morgan fingerprint density at radius 2 is 1.81 bits per heavy atom. The minimum Gasteiger partial charge on any atom is -0.481 e. The number of nitrogens with zero attached hydrogens (tertiary/aromatic N) is 3. The van der Waals surface area contributed by atoms with Gasteiger partial charge in [0.15, 0.2) is 0 Å². The minimum absolute atomic E-state index is 0.0636. The largest absolute Gasteiger partial charge is 0.481 e. The number of carboxylic acid groups (broad SMARTS) is 1. The Morgan fingerprint density at radius 3 is 2.33 bits per heavy atom. The molecule has 0 radical (unpaired) electrons. The molecule has 1 aliphatic heterocycles. The molecule has 1 N–H and O–H groups in total.